The molecule has 0 aliphatic carbocycles. The predicted octanol–water partition coefficient (Wildman–Crippen LogP) is 6.37. The summed E-state index contributed by atoms with van der Waals surface area (Å²) in [7, 11) is 0. The number of nitrogens with zero attached hydrogens (tertiary/aromatic N) is 2. The lowest BCUT2D eigenvalue weighted by atomic mass is 10.1. The van der Waals surface area contributed by atoms with E-state index in [0.717, 1.165) is 11.1 Å². The van der Waals surface area contributed by atoms with Crippen LogP contribution in [0.15, 0.2) is 70.5 Å². The number of rotatable bonds is 3. The molecule has 0 fully saturated rings. The van der Waals surface area contributed by atoms with Crippen molar-refractivity contribution in [1.29, 1.82) is 0 Å². The van der Waals surface area contributed by atoms with Crippen LogP contribution in [0.4, 0.5) is 5.69 Å². The van der Waals surface area contributed by atoms with Gasteiger partial charge in [-0.05, 0) is 61.4 Å². The summed E-state index contributed by atoms with van der Waals surface area (Å²) in [6, 6.07) is 17.7. The molecular formula is C24H18Cl2N2O2. The summed E-state index contributed by atoms with van der Waals surface area (Å²) in [5, 5.41) is 13.1. The number of benzene rings is 3. The second-order valence-corrected chi connectivity index (χ2v) is 7.95. The molecule has 0 saturated heterocycles. The Bertz CT molecular complexity index is 1350. The van der Waals surface area contributed by atoms with E-state index in [1.54, 1.807) is 36.4 Å². The first-order valence-electron chi connectivity index (χ1n) is 9.29. The Labute approximate surface area is 183 Å². The van der Waals surface area contributed by atoms with Gasteiger partial charge < -0.3 is 5.11 Å². The molecular weight excluding hydrogens is 419 g/mol. The third-order valence-electron chi connectivity index (χ3n) is 5.04. The molecule has 0 radical (unpaired) electrons. The van der Waals surface area contributed by atoms with Crippen LogP contribution in [0, 0.1) is 13.8 Å². The fraction of sp³-hybridized carbons (Fsp3) is 0.0833. The van der Waals surface area contributed by atoms with E-state index in [9.17, 15) is 9.90 Å². The van der Waals surface area contributed by atoms with Crippen LogP contribution in [0.2, 0.25) is 10.0 Å². The van der Waals surface area contributed by atoms with Crippen molar-refractivity contribution in [3.8, 4) is 11.6 Å². The molecule has 1 N–H and O–H groups in total. The molecule has 4 rings (SSSR count). The average Bonchev–Trinajstić information content (AvgIpc) is 2.70. The first kappa shape index (κ1) is 20.2. The Morgan fingerprint density at radius 1 is 0.900 bits per heavy atom. The van der Waals surface area contributed by atoms with E-state index in [1.165, 1.54) is 10.8 Å². The molecule has 4 nitrogen and oxygen atoms in total. The maximum absolute atomic E-state index is 13.2. The van der Waals surface area contributed by atoms with Crippen molar-refractivity contribution in [1.82, 2.24) is 4.57 Å². The predicted molar refractivity (Wildman–Crippen MR) is 124 cm³/mol. The summed E-state index contributed by atoms with van der Waals surface area (Å²) in [5.41, 5.74) is 3.39. The van der Waals surface area contributed by atoms with Crippen LogP contribution >= 0.6 is 23.2 Å². The Hall–Kier alpha value is -3.08. The zero-order valence-corrected chi connectivity index (χ0v) is 17.9. The highest BCUT2D eigenvalue weighted by Crippen LogP contribution is 2.29. The highest BCUT2D eigenvalue weighted by Gasteiger charge is 2.16. The van der Waals surface area contributed by atoms with Gasteiger partial charge in [0.1, 0.15) is 0 Å². The van der Waals surface area contributed by atoms with Gasteiger partial charge in [-0.3, -0.25) is 9.79 Å². The summed E-state index contributed by atoms with van der Waals surface area (Å²) in [4.78, 5) is 17.6. The first-order chi connectivity index (χ1) is 14.3. The van der Waals surface area contributed by atoms with Crippen molar-refractivity contribution in [2.45, 2.75) is 13.8 Å². The fourth-order valence-electron chi connectivity index (χ4n) is 3.35. The molecule has 30 heavy (non-hydrogen) atoms. The van der Waals surface area contributed by atoms with Crippen LogP contribution in [0.1, 0.15) is 16.7 Å². The van der Waals surface area contributed by atoms with E-state index in [0.29, 0.717) is 37.8 Å². The zero-order valence-electron chi connectivity index (χ0n) is 16.4. The lowest BCUT2D eigenvalue weighted by molar-refractivity contribution is 0.436. The molecule has 0 aliphatic heterocycles. The van der Waals surface area contributed by atoms with Gasteiger partial charge in [0.15, 0.2) is 0 Å². The second kappa shape index (κ2) is 7.98. The van der Waals surface area contributed by atoms with Gasteiger partial charge in [-0.2, -0.15) is 0 Å². The van der Waals surface area contributed by atoms with Crippen LogP contribution in [-0.4, -0.2) is 15.9 Å². The summed E-state index contributed by atoms with van der Waals surface area (Å²) in [6.45, 7) is 3.96. The smallest absolute Gasteiger partial charge is 0.265 e. The zero-order chi connectivity index (χ0) is 21.4. The number of fused-ring (bicyclic) bond motifs is 1. The third kappa shape index (κ3) is 3.72. The van der Waals surface area contributed by atoms with Gasteiger partial charge in [0.2, 0.25) is 5.88 Å². The van der Waals surface area contributed by atoms with E-state index < -0.39 is 0 Å². The lowest BCUT2D eigenvalue weighted by Gasteiger charge is -2.14. The Kier molecular flexibility index (Phi) is 5.37. The molecule has 3 aromatic carbocycles. The molecule has 150 valence electrons. The van der Waals surface area contributed by atoms with E-state index in [4.69, 9.17) is 23.2 Å². The van der Waals surface area contributed by atoms with Gasteiger partial charge in [-0.15, -0.1) is 0 Å². The maximum Gasteiger partial charge on any atom is 0.265 e. The molecule has 0 atom stereocenters. The summed E-state index contributed by atoms with van der Waals surface area (Å²) >= 11 is 12.1. The van der Waals surface area contributed by atoms with E-state index in [1.807, 2.05) is 38.1 Å². The molecule has 0 aliphatic rings. The number of pyridine rings is 1. The van der Waals surface area contributed by atoms with Crippen molar-refractivity contribution in [3.05, 3.63) is 97.8 Å². The Morgan fingerprint density at radius 3 is 2.23 bits per heavy atom. The van der Waals surface area contributed by atoms with Crippen molar-refractivity contribution >= 4 is 45.9 Å². The molecule has 0 bridgehead atoms. The van der Waals surface area contributed by atoms with Crippen LogP contribution < -0.4 is 5.56 Å². The Morgan fingerprint density at radius 2 is 1.57 bits per heavy atom. The minimum absolute atomic E-state index is 0.182. The van der Waals surface area contributed by atoms with Crippen LogP contribution in [0.3, 0.4) is 0 Å². The molecule has 0 unspecified atom stereocenters. The minimum Gasteiger partial charge on any atom is -0.494 e. The molecule has 0 saturated carbocycles. The summed E-state index contributed by atoms with van der Waals surface area (Å²) < 4.78 is 1.31. The van der Waals surface area contributed by atoms with Crippen LogP contribution in [0.5, 0.6) is 5.88 Å². The first-order valence-corrected chi connectivity index (χ1v) is 10.1. The summed E-state index contributed by atoms with van der Waals surface area (Å²) in [6.07, 6.45) is 1.52. The number of aliphatic imine (C=N–C) groups is 1. The topological polar surface area (TPSA) is 54.6 Å². The molecule has 0 amide bonds. The summed E-state index contributed by atoms with van der Waals surface area (Å²) in [5.74, 6) is -0.182. The largest absolute Gasteiger partial charge is 0.494 e. The van der Waals surface area contributed by atoms with Gasteiger partial charge in [-0.25, -0.2) is 4.57 Å². The quantitative estimate of drug-likeness (QED) is 0.379. The number of aryl methyl sites for hydroxylation is 2. The third-order valence-corrected chi connectivity index (χ3v) is 5.48. The minimum atomic E-state index is -0.297. The normalized spacial score (nSPS) is 11.5. The number of halogens is 2. The monoisotopic (exact) mass is 436 g/mol. The molecule has 6 heteroatoms. The van der Waals surface area contributed by atoms with Gasteiger partial charge in [0, 0.05) is 27.0 Å². The van der Waals surface area contributed by atoms with Gasteiger partial charge in [0.05, 0.1) is 16.9 Å². The highest BCUT2D eigenvalue weighted by molar-refractivity contribution is 6.35. The average molecular weight is 437 g/mol. The van der Waals surface area contributed by atoms with Gasteiger partial charge in [0.25, 0.3) is 5.56 Å². The lowest BCUT2D eigenvalue weighted by Crippen LogP contribution is -2.20. The molecule has 4 aromatic rings. The Balaban J connectivity index is 1.98. The second-order valence-electron chi connectivity index (χ2n) is 7.08. The van der Waals surface area contributed by atoms with E-state index in [2.05, 4.69) is 4.99 Å². The van der Waals surface area contributed by atoms with Gasteiger partial charge in [-0.1, -0.05) is 47.5 Å². The van der Waals surface area contributed by atoms with Crippen LogP contribution in [-0.2, 0) is 0 Å². The van der Waals surface area contributed by atoms with Crippen molar-refractivity contribution in [3.63, 3.8) is 0 Å². The maximum atomic E-state index is 13.2. The van der Waals surface area contributed by atoms with Crippen LogP contribution in [0.25, 0.3) is 16.5 Å². The standard InChI is InChI=1S/C24H18Cl2N2O2/c1-14-7-8-19(9-15(14)2)28-23(29)21-6-4-3-5-20(21)22(24(28)30)13-27-18-11-16(25)10-17(26)12-18/h3-13,30H,1-2H3. The van der Waals surface area contributed by atoms with Crippen molar-refractivity contribution < 1.29 is 5.11 Å². The number of hydrogen-bond donors (Lipinski definition) is 1. The molecule has 1 heterocycles. The number of hydrogen-bond acceptors (Lipinski definition) is 3. The van der Waals surface area contributed by atoms with E-state index >= 15 is 0 Å². The fourth-order valence-corrected chi connectivity index (χ4v) is 3.86. The van der Waals surface area contributed by atoms with Crippen molar-refractivity contribution in [2.75, 3.05) is 0 Å². The SMILES string of the molecule is Cc1ccc(-n2c(O)c(C=Nc3cc(Cl)cc(Cl)c3)c3ccccc3c2=O)cc1C. The number of aromatic hydroxyl groups is 1. The van der Waals surface area contributed by atoms with Crippen molar-refractivity contribution in [2.24, 2.45) is 4.99 Å². The number of aromatic nitrogens is 1. The molecule has 0 spiro atoms. The highest BCUT2D eigenvalue weighted by atomic mass is 35.5. The van der Waals surface area contributed by atoms with E-state index in [-0.39, 0.29) is 11.4 Å². The van der Waals surface area contributed by atoms with Gasteiger partial charge >= 0.3 is 0 Å². The molecule has 1 aromatic heterocycles.